The average molecular weight is 705 g/mol. The molecule has 0 aromatic rings. The number of rotatable bonds is 38. The highest BCUT2D eigenvalue weighted by atomic mass is 16.6. The van der Waals surface area contributed by atoms with Crippen molar-refractivity contribution in [3.8, 4) is 0 Å². The third-order valence-electron chi connectivity index (χ3n) is 9.18. The van der Waals surface area contributed by atoms with Gasteiger partial charge in [-0.3, -0.25) is 14.4 Å². The monoisotopic (exact) mass is 705 g/mol. The van der Waals surface area contributed by atoms with E-state index < -0.39 is 6.10 Å². The van der Waals surface area contributed by atoms with Gasteiger partial charge in [-0.05, 0) is 64.2 Å². The standard InChI is InChI=1S/C44H80O6/c1-4-7-10-13-16-19-21-23-25-28-31-34-37-43(46)49-40-41(39-48-42(45)36-33-30-27-24-18-15-12-9-6-3)50-44(47)38-35-32-29-26-22-20-17-14-11-8-5-2/h16,19,24,27,41H,4-15,17-18,20-23,25-26,28-40H2,1-3H3/b19-16-,27-24-. The van der Waals surface area contributed by atoms with Gasteiger partial charge < -0.3 is 14.2 Å². The van der Waals surface area contributed by atoms with Crippen LogP contribution in [0, 0.1) is 0 Å². The fraction of sp³-hybridized carbons (Fsp3) is 0.841. The first kappa shape index (κ1) is 47.9. The highest BCUT2D eigenvalue weighted by Gasteiger charge is 2.19. The van der Waals surface area contributed by atoms with Gasteiger partial charge in [-0.25, -0.2) is 0 Å². The molecule has 0 aliphatic heterocycles. The van der Waals surface area contributed by atoms with Crippen LogP contribution < -0.4 is 0 Å². The summed E-state index contributed by atoms with van der Waals surface area (Å²) < 4.78 is 16.6. The zero-order valence-electron chi connectivity index (χ0n) is 33.2. The summed E-state index contributed by atoms with van der Waals surface area (Å²) in [4.78, 5) is 37.5. The van der Waals surface area contributed by atoms with Gasteiger partial charge in [0, 0.05) is 19.3 Å². The molecule has 0 aliphatic carbocycles. The summed E-state index contributed by atoms with van der Waals surface area (Å²) in [6.45, 7) is 6.53. The van der Waals surface area contributed by atoms with Gasteiger partial charge in [0.15, 0.2) is 6.10 Å². The Morgan fingerprint density at radius 3 is 1.14 bits per heavy atom. The molecule has 0 radical (unpaired) electrons. The van der Waals surface area contributed by atoms with E-state index in [1.165, 1.54) is 116 Å². The van der Waals surface area contributed by atoms with E-state index in [0.717, 1.165) is 64.2 Å². The van der Waals surface area contributed by atoms with Crippen LogP contribution in [0.1, 0.15) is 220 Å². The Hall–Kier alpha value is -2.11. The van der Waals surface area contributed by atoms with E-state index in [2.05, 4.69) is 45.1 Å². The highest BCUT2D eigenvalue weighted by molar-refractivity contribution is 5.71. The SMILES string of the molecule is CCCCC/C=C\CCCCCCCC(=O)OCC(COC(=O)CCC/C=C\CCCCCC)OC(=O)CCCCCCCCCCCCC. The molecule has 0 aromatic carbocycles. The Kier molecular flexibility index (Phi) is 38.0. The van der Waals surface area contributed by atoms with Crippen LogP contribution in [0.5, 0.6) is 0 Å². The van der Waals surface area contributed by atoms with Gasteiger partial charge in [0.1, 0.15) is 13.2 Å². The predicted octanol–water partition coefficient (Wildman–Crippen LogP) is 13.2. The molecule has 6 nitrogen and oxygen atoms in total. The van der Waals surface area contributed by atoms with E-state index in [4.69, 9.17) is 14.2 Å². The van der Waals surface area contributed by atoms with Gasteiger partial charge in [-0.2, -0.15) is 0 Å². The Labute approximate surface area is 309 Å². The summed E-state index contributed by atoms with van der Waals surface area (Å²) in [5.74, 6) is -0.928. The number of unbranched alkanes of at least 4 members (excludes halogenated alkanes) is 23. The molecule has 0 N–H and O–H groups in total. The molecular weight excluding hydrogens is 624 g/mol. The Bertz CT molecular complexity index is 819. The van der Waals surface area contributed by atoms with Crippen LogP contribution in [0.25, 0.3) is 0 Å². The smallest absolute Gasteiger partial charge is 0.306 e. The van der Waals surface area contributed by atoms with Crippen LogP contribution in [-0.4, -0.2) is 37.2 Å². The lowest BCUT2D eigenvalue weighted by molar-refractivity contribution is -0.167. The lowest BCUT2D eigenvalue weighted by atomic mass is 10.1. The maximum atomic E-state index is 12.6. The van der Waals surface area contributed by atoms with Crippen LogP contribution in [0.2, 0.25) is 0 Å². The minimum absolute atomic E-state index is 0.0819. The maximum absolute atomic E-state index is 12.6. The molecule has 0 amide bonds. The van der Waals surface area contributed by atoms with E-state index in [-0.39, 0.29) is 31.1 Å². The summed E-state index contributed by atoms with van der Waals surface area (Å²) in [5.41, 5.74) is 0. The molecule has 292 valence electrons. The first-order valence-corrected chi connectivity index (χ1v) is 21.3. The molecule has 0 aromatic heterocycles. The first-order valence-electron chi connectivity index (χ1n) is 21.3. The van der Waals surface area contributed by atoms with Crippen molar-refractivity contribution in [2.24, 2.45) is 0 Å². The summed E-state index contributed by atoms with van der Waals surface area (Å²) in [5, 5.41) is 0. The second-order valence-electron chi connectivity index (χ2n) is 14.3. The zero-order chi connectivity index (χ0) is 36.6. The van der Waals surface area contributed by atoms with Crippen molar-refractivity contribution in [3.63, 3.8) is 0 Å². The van der Waals surface area contributed by atoms with Gasteiger partial charge in [-0.1, -0.05) is 161 Å². The molecule has 0 saturated carbocycles. The number of ether oxygens (including phenoxy) is 3. The van der Waals surface area contributed by atoms with Crippen LogP contribution in [-0.2, 0) is 28.6 Å². The zero-order valence-corrected chi connectivity index (χ0v) is 33.2. The summed E-state index contributed by atoms with van der Waals surface area (Å²) in [6.07, 6.45) is 41.6. The van der Waals surface area contributed by atoms with Crippen molar-refractivity contribution in [1.82, 2.24) is 0 Å². The number of hydrogen-bond acceptors (Lipinski definition) is 6. The topological polar surface area (TPSA) is 78.9 Å². The van der Waals surface area contributed by atoms with Crippen molar-refractivity contribution in [3.05, 3.63) is 24.3 Å². The number of esters is 3. The van der Waals surface area contributed by atoms with Crippen molar-refractivity contribution in [2.75, 3.05) is 13.2 Å². The fourth-order valence-electron chi connectivity index (χ4n) is 5.91. The molecule has 0 spiro atoms. The molecule has 0 aliphatic rings. The maximum Gasteiger partial charge on any atom is 0.306 e. The van der Waals surface area contributed by atoms with Crippen LogP contribution >= 0.6 is 0 Å². The molecule has 0 heterocycles. The normalized spacial score (nSPS) is 12.1. The molecule has 1 unspecified atom stereocenters. The van der Waals surface area contributed by atoms with Crippen molar-refractivity contribution in [2.45, 2.75) is 226 Å². The molecule has 1 atom stereocenters. The molecular formula is C44H80O6. The largest absolute Gasteiger partial charge is 0.462 e. The fourth-order valence-corrected chi connectivity index (χ4v) is 5.91. The van der Waals surface area contributed by atoms with Gasteiger partial charge >= 0.3 is 17.9 Å². The minimum atomic E-state index is -0.777. The molecule has 0 fully saturated rings. The second kappa shape index (κ2) is 39.7. The van der Waals surface area contributed by atoms with E-state index in [1.54, 1.807) is 0 Å². The predicted molar refractivity (Wildman–Crippen MR) is 210 cm³/mol. The van der Waals surface area contributed by atoms with Gasteiger partial charge in [0.25, 0.3) is 0 Å². The molecule has 6 heteroatoms. The molecule has 0 saturated heterocycles. The third-order valence-corrected chi connectivity index (χ3v) is 9.18. The van der Waals surface area contributed by atoms with Gasteiger partial charge in [0.2, 0.25) is 0 Å². The van der Waals surface area contributed by atoms with E-state index in [1.807, 2.05) is 0 Å². The number of carbonyl (C=O) groups is 3. The second-order valence-corrected chi connectivity index (χ2v) is 14.3. The van der Waals surface area contributed by atoms with Crippen LogP contribution in [0.4, 0.5) is 0 Å². The third kappa shape index (κ3) is 37.2. The number of carbonyl (C=O) groups excluding carboxylic acids is 3. The molecule has 0 bridgehead atoms. The Morgan fingerprint density at radius 1 is 0.380 bits per heavy atom. The van der Waals surface area contributed by atoms with E-state index >= 15 is 0 Å². The molecule has 50 heavy (non-hydrogen) atoms. The molecule has 0 rings (SSSR count). The average Bonchev–Trinajstić information content (AvgIpc) is 3.11. The minimum Gasteiger partial charge on any atom is -0.462 e. The van der Waals surface area contributed by atoms with Crippen LogP contribution in [0.3, 0.4) is 0 Å². The lowest BCUT2D eigenvalue weighted by Crippen LogP contribution is -2.30. The van der Waals surface area contributed by atoms with E-state index in [9.17, 15) is 14.4 Å². The first-order chi connectivity index (χ1) is 24.5. The Morgan fingerprint density at radius 2 is 0.680 bits per heavy atom. The quantitative estimate of drug-likeness (QED) is 0.0275. The number of hydrogen-bond donors (Lipinski definition) is 0. The Balaban J connectivity index is 4.39. The van der Waals surface area contributed by atoms with Gasteiger partial charge in [-0.15, -0.1) is 0 Å². The van der Waals surface area contributed by atoms with Crippen LogP contribution in [0.15, 0.2) is 24.3 Å². The van der Waals surface area contributed by atoms with Gasteiger partial charge in [0.05, 0.1) is 0 Å². The van der Waals surface area contributed by atoms with Crippen molar-refractivity contribution >= 4 is 17.9 Å². The lowest BCUT2D eigenvalue weighted by Gasteiger charge is -2.18. The highest BCUT2D eigenvalue weighted by Crippen LogP contribution is 2.14. The summed E-state index contributed by atoms with van der Waals surface area (Å²) >= 11 is 0. The number of allylic oxidation sites excluding steroid dienone is 4. The van der Waals surface area contributed by atoms with E-state index in [0.29, 0.717) is 19.3 Å². The van der Waals surface area contributed by atoms with Crippen molar-refractivity contribution in [1.29, 1.82) is 0 Å². The van der Waals surface area contributed by atoms with Crippen molar-refractivity contribution < 1.29 is 28.6 Å². The summed E-state index contributed by atoms with van der Waals surface area (Å²) in [7, 11) is 0. The summed E-state index contributed by atoms with van der Waals surface area (Å²) in [6, 6.07) is 0.